The molecule has 6 nitrogen and oxygen atoms in total. The molecule has 0 aliphatic heterocycles. The molecule has 0 radical (unpaired) electrons. The van der Waals surface area contributed by atoms with E-state index in [0.717, 1.165) is 15.7 Å². The lowest BCUT2D eigenvalue weighted by atomic mass is 10.2. The van der Waals surface area contributed by atoms with E-state index in [1.807, 2.05) is 54.6 Å². The largest absolute Gasteiger partial charge is 0.336 e. The SMILES string of the molecule is CN(C)S(=O)(=O)Nc1ccc(N(Cc2ccccc2)c2ccccc2)cn1. The smallest absolute Gasteiger partial charge is 0.302 e. The second-order valence-electron chi connectivity index (χ2n) is 6.20. The summed E-state index contributed by atoms with van der Waals surface area (Å²) in [6.45, 7) is 0.676. The van der Waals surface area contributed by atoms with Gasteiger partial charge in [-0.05, 0) is 29.8 Å². The molecule has 3 aromatic rings. The molecule has 7 heteroatoms. The number of aromatic nitrogens is 1. The van der Waals surface area contributed by atoms with Crippen LogP contribution in [0.25, 0.3) is 0 Å². The van der Waals surface area contributed by atoms with Gasteiger partial charge in [-0.1, -0.05) is 48.5 Å². The molecule has 2 aromatic carbocycles. The Balaban J connectivity index is 1.88. The monoisotopic (exact) mass is 382 g/mol. The van der Waals surface area contributed by atoms with E-state index < -0.39 is 10.2 Å². The minimum absolute atomic E-state index is 0.278. The van der Waals surface area contributed by atoms with Crippen molar-refractivity contribution in [2.24, 2.45) is 0 Å². The van der Waals surface area contributed by atoms with E-state index in [-0.39, 0.29) is 5.82 Å². The van der Waals surface area contributed by atoms with Gasteiger partial charge in [-0.25, -0.2) is 4.98 Å². The Morgan fingerprint density at radius 1 is 0.852 bits per heavy atom. The van der Waals surface area contributed by atoms with Crippen LogP contribution < -0.4 is 9.62 Å². The van der Waals surface area contributed by atoms with E-state index in [2.05, 4.69) is 26.7 Å². The first-order valence-electron chi connectivity index (χ1n) is 8.48. The number of nitrogens with zero attached hydrogens (tertiary/aromatic N) is 3. The highest BCUT2D eigenvalue weighted by molar-refractivity contribution is 7.90. The van der Waals surface area contributed by atoms with Gasteiger partial charge in [0.1, 0.15) is 5.82 Å². The maximum Gasteiger partial charge on any atom is 0.302 e. The summed E-state index contributed by atoms with van der Waals surface area (Å²) in [5.41, 5.74) is 3.07. The van der Waals surface area contributed by atoms with Gasteiger partial charge in [-0.3, -0.25) is 4.72 Å². The molecule has 0 aliphatic carbocycles. The third-order valence-electron chi connectivity index (χ3n) is 4.03. The maximum absolute atomic E-state index is 11.9. The topological polar surface area (TPSA) is 65.5 Å². The molecule has 1 N–H and O–H groups in total. The summed E-state index contributed by atoms with van der Waals surface area (Å²) in [4.78, 5) is 6.41. The standard InChI is InChI=1S/C20H22N4O2S/c1-23(2)27(25,26)22-20-14-13-19(15-21-20)24(18-11-7-4-8-12-18)16-17-9-5-3-6-10-17/h3-15H,16H2,1-2H3,(H,21,22). The Morgan fingerprint density at radius 3 is 2.04 bits per heavy atom. The Bertz CT molecular complexity index is 960. The molecule has 0 unspecified atom stereocenters. The summed E-state index contributed by atoms with van der Waals surface area (Å²) >= 11 is 0. The first-order valence-corrected chi connectivity index (χ1v) is 9.92. The van der Waals surface area contributed by atoms with Crippen LogP contribution in [0.3, 0.4) is 0 Å². The van der Waals surface area contributed by atoms with Crippen LogP contribution in [0.15, 0.2) is 79.0 Å². The van der Waals surface area contributed by atoms with Crippen LogP contribution in [0.5, 0.6) is 0 Å². The van der Waals surface area contributed by atoms with Crippen LogP contribution >= 0.6 is 0 Å². The van der Waals surface area contributed by atoms with Crippen molar-refractivity contribution in [3.8, 4) is 0 Å². The summed E-state index contributed by atoms with van der Waals surface area (Å²) in [6, 6.07) is 23.7. The predicted octanol–water partition coefficient (Wildman–Crippen LogP) is 3.64. The van der Waals surface area contributed by atoms with Gasteiger partial charge in [-0.15, -0.1) is 0 Å². The van der Waals surface area contributed by atoms with Crippen molar-refractivity contribution in [1.29, 1.82) is 0 Å². The molecular formula is C20H22N4O2S. The van der Waals surface area contributed by atoms with E-state index in [1.165, 1.54) is 19.7 Å². The highest BCUT2D eigenvalue weighted by atomic mass is 32.2. The second kappa shape index (κ2) is 8.20. The Morgan fingerprint density at radius 2 is 1.48 bits per heavy atom. The zero-order valence-corrected chi connectivity index (χ0v) is 16.1. The van der Waals surface area contributed by atoms with Gasteiger partial charge in [0.15, 0.2) is 0 Å². The number of pyridine rings is 1. The zero-order chi connectivity index (χ0) is 19.3. The van der Waals surface area contributed by atoms with Gasteiger partial charge in [0.2, 0.25) is 0 Å². The number of hydrogen-bond donors (Lipinski definition) is 1. The van der Waals surface area contributed by atoms with Crippen molar-refractivity contribution in [1.82, 2.24) is 9.29 Å². The lowest BCUT2D eigenvalue weighted by molar-refractivity contribution is 0.526. The number of anilines is 3. The van der Waals surface area contributed by atoms with Crippen LogP contribution in [-0.4, -0.2) is 31.8 Å². The van der Waals surface area contributed by atoms with Gasteiger partial charge < -0.3 is 4.90 Å². The minimum Gasteiger partial charge on any atom is -0.336 e. The van der Waals surface area contributed by atoms with E-state index in [0.29, 0.717) is 6.54 Å². The molecule has 27 heavy (non-hydrogen) atoms. The van der Waals surface area contributed by atoms with Crippen molar-refractivity contribution >= 4 is 27.4 Å². The molecule has 140 valence electrons. The Hall–Kier alpha value is -2.90. The second-order valence-corrected chi connectivity index (χ2v) is 8.08. The lowest BCUT2D eigenvalue weighted by Gasteiger charge is -2.25. The molecule has 0 saturated carbocycles. The lowest BCUT2D eigenvalue weighted by Crippen LogP contribution is -2.29. The predicted molar refractivity (Wildman–Crippen MR) is 109 cm³/mol. The van der Waals surface area contributed by atoms with Crippen molar-refractivity contribution < 1.29 is 8.42 Å². The fraction of sp³-hybridized carbons (Fsp3) is 0.150. The summed E-state index contributed by atoms with van der Waals surface area (Å²) in [6.07, 6.45) is 1.67. The quantitative estimate of drug-likeness (QED) is 0.678. The first kappa shape index (κ1) is 18.9. The van der Waals surface area contributed by atoms with Gasteiger partial charge in [0.05, 0.1) is 11.9 Å². The number of nitrogens with one attached hydrogen (secondary N) is 1. The number of benzene rings is 2. The fourth-order valence-corrected chi connectivity index (χ4v) is 3.10. The Kier molecular flexibility index (Phi) is 5.73. The summed E-state index contributed by atoms with van der Waals surface area (Å²) in [5, 5.41) is 0. The summed E-state index contributed by atoms with van der Waals surface area (Å²) in [7, 11) is -0.646. The highest BCUT2D eigenvalue weighted by Crippen LogP contribution is 2.27. The summed E-state index contributed by atoms with van der Waals surface area (Å²) in [5.74, 6) is 0.278. The van der Waals surface area contributed by atoms with Crippen molar-refractivity contribution in [2.75, 3.05) is 23.7 Å². The van der Waals surface area contributed by atoms with Crippen LogP contribution in [0.2, 0.25) is 0 Å². The molecule has 1 heterocycles. The third kappa shape index (κ3) is 4.84. The van der Waals surface area contributed by atoms with Crippen LogP contribution in [0, 0.1) is 0 Å². The van der Waals surface area contributed by atoms with Crippen molar-refractivity contribution in [3.05, 3.63) is 84.6 Å². The number of rotatable bonds is 7. The average molecular weight is 382 g/mol. The number of para-hydroxylation sites is 1. The molecular weight excluding hydrogens is 360 g/mol. The average Bonchev–Trinajstić information content (AvgIpc) is 2.68. The third-order valence-corrected chi connectivity index (χ3v) is 5.45. The number of hydrogen-bond acceptors (Lipinski definition) is 4. The molecule has 3 rings (SSSR count). The molecule has 0 fully saturated rings. The first-order chi connectivity index (χ1) is 13.0. The van der Waals surface area contributed by atoms with E-state index in [1.54, 1.807) is 12.3 Å². The van der Waals surface area contributed by atoms with Crippen molar-refractivity contribution in [3.63, 3.8) is 0 Å². The molecule has 0 saturated heterocycles. The van der Waals surface area contributed by atoms with Crippen LogP contribution in [-0.2, 0) is 16.8 Å². The fourth-order valence-electron chi connectivity index (χ4n) is 2.54. The van der Waals surface area contributed by atoms with Gasteiger partial charge >= 0.3 is 10.2 Å². The van der Waals surface area contributed by atoms with Gasteiger partial charge in [-0.2, -0.15) is 12.7 Å². The van der Waals surface area contributed by atoms with E-state index >= 15 is 0 Å². The van der Waals surface area contributed by atoms with Gasteiger partial charge in [0, 0.05) is 26.3 Å². The normalized spacial score (nSPS) is 11.4. The van der Waals surface area contributed by atoms with Crippen molar-refractivity contribution in [2.45, 2.75) is 6.54 Å². The Labute approximate surface area is 160 Å². The molecule has 1 aromatic heterocycles. The molecule has 0 aliphatic rings. The molecule has 0 amide bonds. The van der Waals surface area contributed by atoms with E-state index in [4.69, 9.17) is 0 Å². The molecule has 0 atom stereocenters. The minimum atomic E-state index is -3.58. The van der Waals surface area contributed by atoms with Crippen LogP contribution in [0.1, 0.15) is 5.56 Å². The zero-order valence-electron chi connectivity index (χ0n) is 15.3. The molecule has 0 bridgehead atoms. The van der Waals surface area contributed by atoms with E-state index in [9.17, 15) is 8.42 Å². The van der Waals surface area contributed by atoms with Crippen LogP contribution in [0.4, 0.5) is 17.2 Å². The van der Waals surface area contributed by atoms with Gasteiger partial charge in [0.25, 0.3) is 0 Å². The summed E-state index contributed by atoms with van der Waals surface area (Å²) < 4.78 is 27.4. The maximum atomic E-state index is 11.9. The molecule has 0 spiro atoms. The highest BCUT2D eigenvalue weighted by Gasteiger charge is 2.15.